The van der Waals surface area contributed by atoms with Gasteiger partial charge in [0.1, 0.15) is 5.75 Å². The molecular formula is C10H15NO3S. The smallest absolute Gasteiger partial charge is 0.120 e. The first-order valence-corrected chi connectivity index (χ1v) is 5.93. The standard InChI is InChI=1S/C10H15NO3S/c1-14-8-3-4-9(11)10(7-8)15(13)6-2-5-12/h3-4,7,12H,2,5-6,11H2,1H3. The average Bonchev–Trinajstić information content (AvgIpc) is 2.26. The van der Waals surface area contributed by atoms with E-state index in [1.807, 2.05) is 0 Å². The van der Waals surface area contributed by atoms with Gasteiger partial charge in [0.05, 0.1) is 22.8 Å². The van der Waals surface area contributed by atoms with Crippen LogP contribution in [0.5, 0.6) is 5.75 Å². The number of methoxy groups -OCH3 is 1. The highest BCUT2D eigenvalue weighted by Crippen LogP contribution is 2.22. The predicted octanol–water partition coefficient (Wildman–Crippen LogP) is 0.767. The van der Waals surface area contributed by atoms with Gasteiger partial charge in [-0.25, -0.2) is 0 Å². The van der Waals surface area contributed by atoms with Crippen LogP contribution < -0.4 is 10.5 Å². The molecule has 15 heavy (non-hydrogen) atoms. The van der Waals surface area contributed by atoms with Crippen LogP contribution in [0.1, 0.15) is 6.42 Å². The molecule has 0 spiro atoms. The summed E-state index contributed by atoms with van der Waals surface area (Å²) in [4.78, 5) is 0.572. The minimum absolute atomic E-state index is 0.0373. The Balaban J connectivity index is 2.86. The van der Waals surface area contributed by atoms with Crippen molar-refractivity contribution in [2.45, 2.75) is 11.3 Å². The van der Waals surface area contributed by atoms with Crippen molar-refractivity contribution >= 4 is 16.5 Å². The largest absolute Gasteiger partial charge is 0.497 e. The Morgan fingerprint density at radius 2 is 2.27 bits per heavy atom. The zero-order valence-corrected chi connectivity index (χ0v) is 9.42. The summed E-state index contributed by atoms with van der Waals surface area (Å²) in [6, 6.07) is 5.07. The number of aliphatic hydroxyl groups excluding tert-OH is 1. The van der Waals surface area contributed by atoms with E-state index < -0.39 is 10.8 Å². The van der Waals surface area contributed by atoms with Crippen molar-refractivity contribution in [1.82, 2.24) is 0 Å². The van der Waals surface area contributed by atoms with Gasteiger partial charge in [-0.3, -0.25) is 4.21 Å². The van der Waals surface area contributed by atoms with Crippen LogP contribution in [0.3, 0.4) is 0 Å². The number of benzene rings is 1. The van der Waals surface area contributed by atoms with Crippen molar-refractivity contribution < 1.29 is 14.1 Å². The number of hydrogen-bond acceptors (Lipinski definition) is 4. The number of aliphatic hydroxyl groups is 1. The first-order chi connectivity index (χ1) is 7.19. The molecule has 0 heterocycles. The molecule has 0 saturated carbocycles. The molecule has 0 saturated heterocycles. The third kappa shape index (κ3) is 3.21. The maximum atomic E-state index is 11.8. The summed E-state index contributed by atoms with van der Waals surface area (Å²) in [7, 11) is 0.376. The normalized spacial score (nSPS) is 12.4. The molecule has 5 heteroatoms. The molecule has 0 radical (unpaired) electrons. The molecule has 1 aromatic rings. The summed E-state index contributed by atoms with van der Waals surface area (Å²) in [5.74, 6) is 1.05. The quantitative estimate of drug-likeness (QED) is 0.731. The van der Waals surface area contributed by atoms with Gasteiger partial charge in [-0.05, 0) is 24.6 Å². The number of nitrogens with two attached hydrogens (primary N) is 1. The van der Waals surface area contributed by atoms with Crippen LogP contribution in [0.2, 0.25) is 0 Å². The Bertz CT molecular complexity index is 355. The summed E-state index contributed by atoms with van der Waals surface area (Å²) >= 11 is 0. The Kier molecular flexibility index (Phi) is 4.58. The molecule has 0 aliphatic heterocycles. The monoisotopic (exact) mass is 229 g/mol. The lowest BCUT2D eigenvalue weighted by Crippen LogP contribution is -2.04. The second-order valence-corrected chi connectivity index (χ2v) is 4.57. The Morgan fingerprint density at radius 1 is 1.53 bits per heavy atom. The Hall–Kier alpha value is -1.07. The molecular weight excluding hydrogens is 214 g/mol. The van der Waals surface area contributed by atoms with Crippen LogP contribution >= 0.6 is 0 Å². The van der Waals surface area contributed by atoms with Gasteiger partial charge in [-0.1, -0.05) is 0 Å². The van der Waals surface area contributed by atoms with E-state index >= 15 is 0 Å². The highest BCUT2D eigenvalue weighted by atomic mass is 32.2. The summed E-state index contributed by atoms with van der Waals surface area (Å²) in [6.45, 7) is 0.0373. The number of rotatable bonds is 5. The minimum atomic E-state index is -1.17. The van der Waals surface area contributed by atoms with E-state index in [9.17, 15) is 4.21 Å². The van der Waals surface area contributed by atoms with E-state index in [-0.39, 0.29) is 6.61 Å². The third-order valence-corrected chi connectivity index (χ3v) is 3.46. The van der Waals surface area contributed by atoms with Gasteiger partial charge in [-0.15, -0.1) is 0 Å². The molecule has 3 N–H and O–H groups in total. The van der Waals surface area contributed by atoms with Crippen molar-refractivity contribution in [1.29, 1.82) is 0 Å². The zero-order chi connectivity index (χ0) is 11.3. The summed E-state index contributed by atoms with van der Waals surface area (Å²) in [5, 5.41) is 8.64. The van der Waals surface area contributed by atoms with Crippen LogP contribution in [-0.4, -0.2) is 28.8 Å². The molecule has 1 rings (SSSR count). The van der Waals surface area contributed by atoms with E-state index in [0.29, 0.717) is 28.5 Å². The molecule has 0 amide bonds. The fourth-order valence-corrected chi connectivity index (χ4v) is 2.33. The minimum Gasteiger partial charge on any atom is -0.497 e. The lowest BCUT2D eigenvalue weighted by molar-refractivity contribution is 0.296. The predicted molar refractivity (Wildman–Crippen MR) is 60.4 cm³/mol. The zero-order valence-electron chi connectivity index (χ0n) is 8.60. The van der Waals surface area contributed by atoms with Crippen molar-refractivity contribution in [2.75, 3.05) is 25.2 Å². The van der Waals surface area contributed by atoms with Gasteiger partial charge in [0.2, 0.25) is 0 Å². The van der Waals surface area contributed by atoms with E-state index in [2.05, 4.69) is 0 Å². The maximum Gasteiger partial charge on any atom is 0.120 e. The van der Waals surface area contributed by atoms with E-state index in [1.54, 1.807) is 25.3 Å². The van der Waals surface area contributed by atoms with E-state index in [1.165, 1.54) is 0 Å². The Labute approximate surface area is 91.5 Å². The topological polar surface area (TPSA) is 72.5 Å². The summed E-state index contributed by atoms with van der Waals surface area (Å²) in [6.07, 6.45) is 0.503. The molecule has 1 atom stereocenters. The van der Waals surface area contributed by atoms with Crippen LogP contribution in [0.15, 0.2) is 23.1 Å². The van der Waals surface area contributed by atoms with Crippen molar-refractivity contribution in [3.8, 4) is 5.75 Å². The number of nitrogen functional groups attached to an aromatic ring is 1. The van der Waals surface area contributed by atoms with Crippen LogP contribution in [-0.2, 0) is 10.8 Å². The summed E-state index contributed by atoms with van der Waals surface area (Å²) in [5.41, 5.74) is 6.20. The second kappa shape index (κ2) is 5.72. The van der Waals surface area contributed by atoms with Gasteiger partial charge in [0, 0.05) is 18.0 Å². The molecule has 0 fully saturated rings. The van der Waals surface area contributed by atoms with Crippen molar-refractivity contribution in [2.24, 2.45) is 0 Å². The van der Waals surface area contributed by atoms with E-state index in [4.69, 9.17) is 15.6 Å². The molecule has 0 aliphatic rings. The van der Waals surface area contributed by atoms with Gasteiger partial charge in [-0.2, -0.15) is 0 Å². The fraction of sp³-hybridized carbons (Fsp3) is 0.400. The van der Waals surface area contributed by atoms with Gasteiger partial charge in [0.15, 0.2) is 0 Å². The second-order valence-electron chi connectivity index (χ2n) is 3.03. The molecule has 0 bridgehead atoms. The molecule has 0 aromatic heterocycles. The molecule has 4 nitrogen and oxygen atoms in total. The van der Waals surface area contributed by atoms with Crippen LogP contribution in [0.25, 0.3) is 0 Å². The van der Waals surface area contributed by atoms with Gasteiger partial charge < -0.3 is 15.6 Å². The number of ether oxygens (including phenoxy) is 1. The third-order valence-electron chi connectivity index (χ3n) is 1.95. The average molecular weight is 229 g/mol. The maximum absolute atomic E-state index is 11.8. The first-order valence-electron chi connectivity index (χ1n) is 4.61. The van der Waals surface area contributed by atoms with Crippen molar-refractivity contribution in [3.05, 3.63) is 18.2 Å². The lowest BCUT2D eigenvalue weighted by Gasteiger charge is -2.07. The van der Waals surface area contributed by atoms with Gasteiger partial charge >= 0.3 is 0 Å². The lowest BCUT2D eigenvalue weighted by atomic mass is 10.3. The van der Waals surface area contributed by atoms with Crippen LogP contribution in [0, 0.1) is 0 Å². The first kappa shape index (κ1) is 12.0. The molecule has 84 valence electrons. The number of anilines is 1. The molecule has 1 unspecified atom stereocenters. The fourth-order valence-electron chi connectivity index (χ4n) is 1.14. The van der Waals surface area contributed by atoms with E-state index in [0.717, 1.165) is 0 Å². The highest BCUT2D eigenvalue weighted by molar-refractivity contribution is 7.85. The number of hydrogen-bond donors (Lipinski definition) is 2. The molecule has 0 aliphatic carbocycles. The van der Waals surface area contributed by atoms with Crippen LogP contribution in [0.4, 0.5) is 5.69 Å². The van der Waals surface area contributed by atoms with Gasteiger partial charge in [0.25, 0.3) is 0 Å². The Morgan fingerprint density at radius 3 is 2.87 bits per heavy atom. The molecule has 1 aromatic carbocycles. The SMILES string of the molecule is COc1ccc(N)c(S(=O)CCCO)c1. The highest BCUT2D eigenvalue weighted by Gasteiger charge is 2.08. The summed E-state index contributed by atoms with van der Waals surface area (Å²) < 4.78 is 16.8. The van der Waals surface area contributed by atoms with Crippen molar-refractivity contribution in [3.63, 3.8) is 0 Å².